The van der Waals surface area contributed by atoms with E-state index < -0.39 is 0 Å². The summed E-state index contributed by atoms with van der Waals surface area (Å²) in [6.45, 7) is 0. The second kappa shape index (κ2) is 5.38. The lowest BCUT2D eigenvalue weighted by atomic mass is 10.3. The van der Waals surface area contributed by atoms with Crippen molar-refractivity contribution in [2.75, 3.05) is 5.75 Å². The van der Waals surface area contributed by atoms with Crippen LogP contribution in [0.4, 0.5) is 0 Å². The molecule has 1 aromatic carbocycles. The molecule has 5 heteroatoms. The number of aromatic nitrogens is 2. The molecule has 1 aromatic heterocycles. The van der Waals surface area contributed by atoms with Crippen molar-refractivity contribution in [3.8, 4) is 0 Å². The second-order valence-electron chi connectivity index (χ2n) is 3.51. The van der Waals surface area contributed by atoms with E-state index in [1.54, 1.807) is 24.0 Å². The third kappa shape index (κ3) is 3.11. The Kier molecular flexibility index (Phi) is 3.86. The van der Waals surface area contributed by atoms with E-state index in [0.29, 0.717) is 16.5 Å². The molecule has 2 aromatic rings. The molecule has 0 radical (unpaired) electrons. The standard InChI is InChI=1S/C12H11ClN2OS/c1-15-11(5-6-14-15)12(16)8-17-10-4-2-3-9(13)7-10/h2-7H,8H2,1H3. The highest BCUT2D eigenvalue weighted by Crippen LogP contribution is 2.22. The zero-order chi connectivity index (χ0) is 12.3. The highest BCUT2D eigenvalue weighted by Gasteiger charge is 2.10. The highest BCUT2D eigenvalue weighted by molar-refractivity contribution is 8.00. The summed E-state index contributed by atoms with van der Waals surface area (Å²) < 4.78 is 1.58. The molecule has 0 saturated heterocycles. The molecule has 0 unspecified atom stereocenters. The van der Waals surface area contributed by atoms with Crippen LogP contribution in [0.1, 0.15) is 10.5 Å². The van der Waals surface area contributed by atoms with Gasteiger partial charge in [0, 0.05) is 23.2 Å². The van der Waals surface area contributed by atoms with Crippen LogP contribution >= 0.6 is 23.4 Å². The van der Waals surface area contributed by atoms with Gasteiger partial charge in [0.05, 0.1) is 5.75 Å². The fourth-order valence-electron chi connectivity index (χ4n) is 1.43. The number of benzene rings is 1. The minimum atomic E-state index is 0.0648. The summed E-state index contributed by atoms with van der Waals surface area (Å²) in [5.41, 5.74) is 0.625. The maximum Gasteiger partial charge on any atom is 0.191 e. The Balaban J connectivity index is 1.99. The number of nitrogens with zero attached hydrogens (tertiary/aromatic N) is 2. The molecular weight excluding hydrogens is 256 g/mol. The van der Waals surface area contributed by atoms with E-state index >= 15 is 0 Å². The molecule has 0 bridgehead atoms. The van der Waals surface area contributed by atoms with Gasteiger partial charge >= 0.3 is 0 Å². The van der Waals surface area contributed by atoms with Gasteiger partial charge < -0.3 is 0 Å². The van der Waals surface area contributed by atoms with Crippen molar-refractivity contribution in [2.45, 2.75) is 4.90 Å². The zero-order valence-electron chi connectivity index (χ0n) is 9.26. The van der Waals surface area contributed by atoms with Crippen molar-refractivity contribution in [2.24, 2.45) is 7.05 Å². The number of thioether (sulfide) groups is 1. The first-order chi connectivity index (χ1) is 8.16. The van der Waals surface area contributed by atoms with Gasteiger partial charge in [0.2, 0.25) is 0 Å². The Morgan fingerprint density at radius 1 is 1.47 bits per heavy atom. The molecule has 17 heavy (non-hydrogen) atoms. The van der Waals surface area contributed by atoms with Gasteiger partial charge in [0.1, 0.15) is 5.69 Å². The van der Waals surface area contributed by atoms with E-state index in [2.05, 4.69) is 5.10 Å². The first-order valence-corrected chi connectivity index (χ1v) is 6.43. The summed E-state index contributed by atoms with van der Waals surface area (Å²) in [5, 5.41) is 4.66. The summed E-state index contributed by atoms with van der Waals surface area (Å²) in [6, 6.07) is 9.20. The van der Waals surface area contributed by atoms with Gasteiger partial charge in [-0.1, -0.05) is 17.7 Å². The first-order valence-electron chi connectivity index (χ1n) is 5.06. The fourth-order valence-corrected chi connectivity index (χ4v) is 2.51. The predicted molar refractivity (Wildman–Crippen MR) is 69.7 cm³/mol. The number of hydrogen-bond acceptors (Lipinski definition) is 3. The Bertz CT molecular complexity index is 539. The van der Waals surface area contributed by atoms with E-state index in [1.165, 1.54) is 11.8 Å². The number of ketones is 1. The molecule has 0 N–H and O–H groups in total. The van der Waals surface area contributed by atoms with Gasteiger partial charge in [-0.15, -0.1) is 11.8 Å². The lowest BCUT2D eigenvalue weighted by Crippen LogP contribution is -2.08. The smallest absolute Gasteiger partial charge is 0.191 e. The number of aryl methyl sites for hydroxylation is 1. The van der Waals surface area contributed by atoms with E-state index in [4.69, 9.17) is 11.6 Å². The Labute approximate surface area is 109 Å². The second-order valence-corrected chi connectivity index (χ2v) is 4.99. The van der Waals surface area contributed by atoms with Gasteiger partial charge in [-0.25, -0.2) is 0 Å². The molecule has 0 aliphatic heterocycles. The van der Waals surface area contributed by atoms with Crippen LogP contribution in [0.25, 0.3) is 0 Å². The SMILES string of the molecule is Cn1nccc1C(=O)CSc1cccc(Cl)c1. The number of halogens is 1. The summed E-state index contributed by atoms with van der Waals surface area (Å²) in [4.78, 5) is 12.9. The van der Waals surface area contributed by atoms with E-state index in [0.717, 1.165) is 4.90 Å². The molecule has 0 saturated carbocycles. The molecule has 1 heterocycles. The quantitative estimate of drug-likeness (QED) is 0.630. The topological polar surface area (TPSA) is 34.9 Å². The molecule has 0 aliphatic carbocycles. The highest BCUT2D eigenvalue weighted by atomic mass is 35.5. The van der Waals surface area contributed by atoms with Crippen LogP contribution in [0.2, 0.25) is 5.02 Å². The van der Waals surface area contributed by atoms with Crippen molar-refractivity contribution >= 4 is 29.1 Å². The normalized spacial score (nSPS) is 10.5. The Morgan fingerprint density at radius 2 is 2.29 bits per heavy atom. The summed E-state index contributed by atoms with van der Waals surface area (Å²) in [6.07, 6.45) is 1.62. The van der Waals surface area contributed by atoms with Gasteiger partial charge in [-0.3, -0.25) is 9.48 Å². The van der Waals surface area contributed by atoms with Crippen LogP contribution in [0.5, 0.6) is 0 Å². The first kappa shape index (κ1) is 12.2. The number of hydrogen-bond donors (Lipinski definition) is 0. The molecule has 88 valence electrons. The third-order valence-electron chi connectivity index (χ3n) is 2.27. The van der Waals surface area contributed by atoms with Crippen molar-refractivity contribution in [3.63, 3.8) is 0 Å². The fraction of sp³-hybridized carbons (Fsp3) is 0.167. The van der Waals surface area contributed by atoms with Crippen molar-refractivity contribution in [1.29, 1.82) is 0 Å². The molecular formula is C12H11ClN2OS. The summed E-state index contributed by atoms with van der Waals surface area (Å²) >= 11 is 7.35. The maximum absolute atomic E-state index is 11.9. The van der Waals surface area contributed by atoms with Crippen molar-refractivity contribution in [3.05, 3.63) is 47.2 Å². The van der Waals surface area contributed by atoms with Crippen molar-refractivity contribution < 1.29 is 4.79 Å². The van der Waals surface area contributed by atoms with Crippen LogP contribution in [-0.4, -0.2) is 21.3 Å². The van der Waals surface area contributed by atoms with Gasteiger partial charge in [-0.05, 0) is 24.3 Å². The lowest BCUT2D eigenvalue weighted by molar-refractivity contribution is 0.101. The third-order valence-corrected chi connectivity index (χ3v) is 3.50. The van der Waals surface area contributed by atoms with E-state index in [-0.39, 0.29) is 5.78 Å². The zero-order valence-corrected chi connectivity index (χ0v) is 10.8. The summed E-state index contributed by atoms with van der Waals surface area (Å²) in [7, 11) is 1.76. The minimum absolute atomic E-state index is 0.0648. The lowest BCUT2D eigenvalue weighted by Gasteiger charge is -2.02. The van der Waals surface area contributed by atoms with Crippen LogP contribution in [0, 0.1) is 0 Å². The van der Waals surface area contributed by atoms with Gasteiger partial charge in [-0.2, -0.15) is 5.10 Å². The number of carbonyl (C=O) groups is 1. The van der Waals surface area contributed by atoms with Crippen LogP contribution in [-0.2, 0) is 7.05 Å². The summed E-state index contributed by atoms with van der Waals surface area (Å²) in [5.74, 6) is 0.454. The van der Waals surface area contributed by atoms with Gasteiger partial charge in [0.25, 0.3) is 0 Å². The molecule has 0 aliphatic rings. The minimum Gasteiger partial charge on any atom is -0.292 e. The molecule has 0 fully saturated rings. The average molecular weight is 267 g/mol. The van der Waals surface area contributed by atoms with Crippen molar-refractivity contribution in [1.82, 2.24) is 9.78 Å². The molecule has 0 amide bonds. The molecule has 3 nitrogen and oxygen atoms in total. The monoisotopic (exact) mass is 266 g/mol. The number of rotatable bonds is 4. The average Bonchev–Trinajstić information content (AvgIpc) is 2.72. The largest absolute Gasteiger partial charge is 0.292 e. The number of carbonyl (C=O) groups excluding carboxylic acids is 1. The van der Waals surface area contributed by atoms with Crippen LogP contribution < -0.4 is 0 Å². The van der Waals surface area contributed by atoms with Crippen LogP contribution in [0.15, 0.2) is 41.4 Å². The Morgan fingerprint density at radius 3 is 2.94 bits per heavy atom. The van der Waals surface area contributed by atoms with E-state index in [9.17, 15) is 4.79 Å². The van der Waals surface area contributed by atoms with Crippen LogP contribution in [0.3, 0.4) is 0 Å². The molecule has 0 atom stereocenters. The number of Topliss-reactive ketones (excluding diaryl/α,β-unsaturated/α-hetero) is 1. The predicted octanol–water partition coefficient (Wildman–Crippen LogP) is 3.05. The maximum atomic E-state index is 11.9. The molecule has 0 spiro atoms. The Hall–Kier alpha value is -1.26. The van der Waals surface area contributed by atoms with E-state index in [1.807, 2.05) is 24.3 Å². The molecule has 2 rings (SSSR count). The van der Waals surface area contributed by atoms with Gasteiger partial charge in [0.15, 0.2) is 5.78 Å².